The molecule has 132 valence electrons. The minimum atomic E-state index is -1.15. The molecule has 4 heteroatoms. The zero-order valence-corrected chi connectivity index (χ0v) is 15.6. The first kappa shape index (κ1) is 18.7. The van der Waals surface area contributed by atoms with E-state index in [1.165, 1.54) is 12.5 Å². The van der Waals surface area contributed by atoms with Crippen molar-refractivity contribution in [3.63, 3.8) is 0 Å². The number of ketones is 1. The average molecular weight is 332 g/mol. The number of methoxy groups -OCH3 is 1. The molecule has 24 heavy (non-hydrogen) atoms. The van der Waals surface area contributed by atoms with Crippen LogP contribution in [0.5, 0.6) is 0 Å². The zero-order valence-electron chi connectivity index (χ0n) is 15.6. The first-order valence-electron chi connectivity index (χ1n) is 8.58. The lowest BCUT2D eigenvalue weighted by molar-refractivity contribution is -0.161. The summed E-state index contributed by atoms with van der Waals surface area (Å²) in [4.78, 5) is 25.5. The van der Waals surface area contributed by atoms with E-state index in [9.17, 15) is 9.59 Å². The van der Waals surface area contributed by atoms with Crippen molar-refractivity contribution in [3.05, 3.63) is 34.4 Å². The molecule has 0 heterocycles. The van der Waals surface area contributed by atoms with E-state index in [0.29, 0.717) is 12.8 Å². The molecular formula is C20H28O4. The lowest BCUT2D eigenvalue weighted by Gasteiger charge is -2.35. The van der Waals surface area contributed by atoms with Gasteiger partial charge in [-0.3, -0.25) is 9.59 Å². The molecular weight excluding hydrogens is 304 g/mol. The number of carbonyl (C=O) groups is 2. The Kier molecular flexibility index (Phi) is 5.49. The maximum Gasteiger partial charge on any atom is 0.320 e. The van der Waals surface area contributed by atoms with E-state index in [0.717, 1.165) is 16.7 Å². The van der Waals surface area contributed by atoms with Crippen molar-refractivity contribution < 1.29 is 19.1 Å². The molecule has 1 saturated carbocycles. The van der Waals surface area contributed by atoms with Crippen LogP contribution in [0.15, 0.2) is 12.1 Å². The van der Waals surface area contributed by atoms with Crippen LogP contribution in [0.1, 0.15) is 54.9 Å². The predicted molar refractivity (Wildman–Crippen MR) is 93.2 cm³/mol. The van der Waals surface area contributed by atoms with Crippen molar-refractivity contribution in [2.45, 2.75) is 59.5 Å². The SMILES string of the molecule is CCOC(=O)C1(C(C)=O)CCC(OC)C1c1c(C)cc(C)cc1C. The fraction of sp³-hybridized carbons (Fsp3) is 0.600. The minimum Gasteiger partial charge on any atom is -0.465 e. The Hall–Kier alpha value is -1.68. The second-order valence-corrected chi connectivity index (χ2v) is 6.85. The smallest absolute Gasteiger partial charge is 0.320 e. The highest BCUT2D eigenvalue weighted by atomic mass is 16.5. The first-order chi connectivity index (χ1) is 11.3. The van der Waals surface area contributed by atoms with Gasteiger partial charge < -0.3 is 9.47 Å². The summed E-state index contributed by atoms with van der Waals surface area (Å²) in [5.74, 6) is -0.856. The number of ether oxygens (including phenoxy) is 2. The third-order valence-corrected chi connectivity index (χ3v) is 5.35. The van der Waals surface area contributed by atoms with Crippen LogP contribution in [-0.4, -0.2) is 31.6 Å². The van der Waals surface area contributed by atoms with E-state index in [1.54, 1.807) is 14.0 Å². The van der Waals surface area contributed by atoms with Gasteiger partial charge in [-0.1, -0.05) is 17.7 Å². The highest BCUT2D eigenvalue weighted by molar-refractivity contribution is 6.04. The minimum absolute atomic E-state index is 0.134. The lowest BCUT2D eigenvalue weighted by atomic mass is 9.69. The predicted octanol–water partition coefficient (Wildman–Crippen LogP) is 3.64. The first-order valence-corrected chi connectivity index (χ1v) is 8.58. The Morgan fingerprint density at radius 2 is 1.79 bits per heavy atom. The molecule has 1 aromatic rings. The molecule has 3 unspecified atom stereocenters. The van der Waals surface area contributed by atoms with Gasteiger partial charge in [0.15, 0.2) is 0 Å². The molecule has 3 atom stereocenters. The van der Waals surface area contributed by atoms with Crippen molar-refractivity contribution in [2.75, 3.05) is 13.7 Å². The fourth-order valence-electron chi connectivity index (χ4n) is 4.41. The molecule has 1 aliphatic rings. The number of aryl methyl sites for hydroxylation is 3. The van der Waals surface area contributed by atoms with E-state index < -0.39 is 11.4 Å². The van der Waals surface area contributed by atoms with Gasteiger partial charge in [-0.25, -0.2) is 0 Å². The third-order valence-electron chi connectivity index (χ3n) is 5.35. The molecule has 1 aromatic carbocycles. The van der Waals surface area contributed by atoms with E-state index >= 15 is 0 Å². The molecule has 4 nitrogen and oxygen atoms in total. The van der Waals surface area contributed by atoms with Crippen LogP contribution in [0.2, 0.25) is 0 Å². The summed E-state index contributed by atoms with van der Waals surface area (Å²) in [5.41, 5.74) is 3.26. The van der Waals surface area contributed by atoms with E-state index in [2.05, 4.69) is 19.1 Å². The second-order valence-electron chi connectivity index (χ2n) is 6.85. The van der Waals surface area contributed by atoms with Crippen LogP contribution in [0.25, 0.3) is 0 Å². The Bertz CT molecular complexity index is 626. The van der Waals surface area contributed by atoms with Crippen LogP contribution < -0.4 is 0 Å². The third kappa shape index (κ3) is 2.88. The van der Waals surface area contributed by atoms with Crippen LogP contribution in [0.4, 0.5) is 0 Å². The molecule has 0 radical (unpaired) electrons. The van der Waals surface area contributed by atoms with Crippen molar-refractivity contribution in [1.82, 2.24) is 0 Å². The molecule has 0 N–H and O–H groups in total. The van der Waals surface area contributed by atoms with Crippen LogP contribution in [0.3, 0.4) is 0 Å². The summed E-state index contributed by atoms with van der Waals surface area (Å²) >= 11 is 0. The van der Waals surface area contributed by atoms with Gasteiger partial charge in [-0.05, 0) is 64.2 Å². The average Bonchev–Trinajstić information content (AvgIpc) is 2.87. The Labute approximate surface area is 144 Å². The molecule has 0 amide bonds. The van der Waals surface area contributed by atoms with E-state index in [4.69, 9.17) is 9.47 Å². The topological polar surface area (TPSA) is 52.6 Å². The van der Waals surface area contributed by atoms with Gasteiger partial charge >= 0.3 is 5.97 Å². The number of Topliss-reactive ketones (excluding diaryl/α,β-unsaturated/α-hetero) is 1. The summed E-state index contributed by atoms with van der Waals surface area (Å²) in [5, 5.41) is 0. The van der Waals surface area contributed by atoms with Gasteiger partial charge in [0.2, 0.25) is 0 Å². The zero-order chi connectivity index (χ0) is 18.1. The summed E-state index contributed by atoms with van der Waals surface area (Å²) in [6.07, 6.45) is 0.974. The van der Waals surface area contributed by atoms with Gasteiger partial charge in [0.1, 0.15) is 11.2 Å². The van der Waals surface area contributed by atoms with Gasteiger partial charge in [0, 0.05) is 13.0 Å². The summed E-state index contributed by atoms with van der Waals surface area (Å²) in [7, 11) is 1.65. The van der Waals surface area contributed by atoms with Crippen LogP contribution in [0, 0.1) is 26.2 Å². The van der Waals surface area contributed by atoms with E-state index in [-0.39, 0.29) is 24.4 Å². The maximum absolute atomic E-state index is 12.8. The second kappa shape index (κ2) is 7.06. The van der Waals surface area contributed by atoms with Crippen LogP contribution in [-0.2, 0) is 19.1 Å². The molecule has 0 aromatic heterocycles. The largest absolute Gasteiger partial charge is 0.465 e. The Morgan fingerprint density at radius 1 is 1.21 bits per heavy atom. The van der Waals surface area contributed by atoms with Gasteiger partial charge in [0.05, 0.1) is 12.7 Å². The molecule has 0 aliphatic heterocycles. The number of hydrogen-bond acceptors (Lipinski definition) is 4. The lowest BCUT2D eigenvalue weighted by Crippen LogP contribution is -2.44. The Morgan fingerprint density at radius 3 is 2.25 bits per heavy atom. The van der Waals surface area contributed by atoms with Gasteiger partial charge in [-0.15, -0.1) is 0 Å². The summed E-state index contributed by atoms with van der Waals surface area (Å²) < 4.78 is 11.0. The molecule has 0 bridgehead atoms. The van der Waals surface area contributed by atoms with Crippen molar-refractivity contribution in [2.24, 2.45) is 5.41 Å². The Balaban J connectivity index is 2.69. The van der Waals surface area contributed by atoms with Gasteiger partial charge in [-0.2, -0.15) is 0 Å². The van der Waals surface area contributed by atoms with Crippen LogP contribution >= 0.6 is 0 Å². The molecule has 0 spiro atoms. The van der Waals surface area contributed by atoms with Gasteiger partial charge in [0.25, 0.3) is 0 Å². The highest BCUT2D eigenvalue weighted by Gasteiger charge is 2.59. The van der Waals surface area contributed by atoms with Crippen molar-refractivity contribution >= 4 is 11.8 Å². The fourth-order valence-corrected chi connectivity index (χ4v) is 4.41. The van der Waals surface area contributed by atoms with E-state index in [1.807, 2.05) is 13.8 Å². The number of esters is 1. The normalized spacial score (nSPS) is 26.4. The number of carbonyl (C=O) groups excluding carboxylic acids is 2. The molecule has 1 aliphatic carbocycles. The maximum atomic E-state index is 12.8. The monoisotopic (exact) mass is 332 g/mol. The standard InChI is InChI=1S/C20H28O4/c1-7-24-19(22)20(15(5)21)9-8-16(23-6)18(20)17-13(3)10-12(2)11-14(17)4/h10-11,16,18H,7-9H2,1-6H3. The number of hydrogen-bond donors (Lipinski definition) is 0. The number of rotatable bonds is 5. The highest BCUT2D eigenvalue weighted by Crippen LogP contribution is 2.53. The van der Waals surface area contributed by atoms with Crippen molar-refractivity contribution in [3.8, 4) is 0 Å². The summed E-state index contributed by atoms with van der Waals surface area (Å²) in [6, 6.07) is 4.20. The molecule has 1 fully saturated rings. The molecule has 0 saturated heterocycles. The van der Waals surface area contributed by atoms with Crippen molar-refractivity contribution in [1.29, 1.82) is 0 Å². The summed E-state index contributed by atoms with van der Waals surface area (Å²) in [6.45, 7) is 9.67. The molecule has 2 rings (SSSR count). The number of benzene rings is 1. The quantitative estimate of drug-likeness (QED) is 0.610.